The molecule has 2 heterocycles. The summed E-state index contributed by atoms with van der Waals surface area (Å²) in [6.07, 6.45) is 1.46. The van der Waals surface area contributed by atoms with Crippen molar-refractivity contribution in [1.29, 1.82) is 0 Å². The van der Waals surface area contributed by atoms with Crippen LogP contribution in [0.5, 0.6) is 0 Å². The van der Waals surface area contributed by atoms with Crippen molar-refractivity contribution >= 4 is 0 Å². The van der Waals surface area contributed by atoms with Crippen molar-refractivity contribution < 1.29 is 14.0 Å². The molecule has 0 amide bonds. The molecule has 0 spiro atoms. The summed E-state index contributed by atoms with van der Waals surface area (Å²) in [5.74, 6) is -0.185. The summed E-state index contributed by atoms with van der Waals surface area (Å²) < 4.78 is 17.9. The van der Waals surface area contributed by atoms with Gasteiger partial charge in [0.25, 0.3) is 0 Å². The van der Waals surface area contributed by atoms with E-state index in [9.17, 15) is 4.39 Å². The molecule has 14 heavy (non-hydrogen) atoms. The molecule has 0 aliphatic carbocycles. The summed E-state index contributed by atoms with van der Waals surface area (Å²) in [6, 6.07) is 4.23. The number of hydrogen-bond acceptors (Lipinski definition) is 4. The van der Waals surface area contributed by atoms with E-state index in [1.807, 2.05) is 0 Å². The van der Waals surface area contributed by atoms with Gasteiger partial charge in [-0.3, -0.25) is 4.98 Å². The van der Waals surface area contributed by atoms with Gasteiger partial charge in [0.2, 0.25) is 0 Å². The third-order valence-electron chi connectivity index (χ3n) is 1.72. The van der Waals surface area contributed by atoms with Gasteiger partial charge in [-0.2, -0.15) is 0 Å². The van der Waals surface area contributed by atoms with E-state index in [1.54, 1.807) is 0 Å². The quantitative estimate of drug-likeness (QED) is 0.784. The Hall–Kier alpha value is -1.75. The molecule has 2 aromatic heterocycles. The molecule has 4 nitrogen and oxygen atoms in total. The van der Waals surface area contributed by atoms with Gasteiger partial charge in [0, 0.05) is 12.3 Å². The average Bonchev–Trinajstić information content (AvgIpc) is 2.67. The highest BCUT2D eigenvalue weighted by atomic mass is 19.1. The highest BCUT2D eigenvalue weighted by Gasteiger charge is 2.10. The summed E-state index contributed by atoms with van der Waals surface area (Å²) in [6.45, 7) is -0.262. The number of pyridine rings is 1. The number of aliphatic hydroxyl groups is 1. The predicted octanol–water partition coefficient (Wildman–Crippen LogP) is 1.37. The third-order valence-corrected chi connectivity index (χ3v) is 1.72. The molecule has 72 valence electrons. The number of aromatic nitrogens is 2. The Labute approximate surface area is 79.0 Å². The van der Waals surface area contributed by atoms with Crippen LogP contribution in [0, 0.1) is 5.82 Å². The first-order chi connectivity index (χ1) is 6.81. The summed E-state index contributed by atoms with van der Waals surface area (Å²) in [5.41, 5.74) is 0.406. The van der Waals surface area contributed by atoms with Gasteiger partial charge >= 0.3 is 0 Å². The van der Waals surface area contributed by atoms with E-state index < -0.39 is 5.82 Å². The van der Waals surface area contributed by atoms with Crippen LogP contribution in [0.3, 0.4) is 0 Å². The monoisotopic (exact) mass is 194 g/mol. The van der Waals surface area contributed by atoms with Crippen molar-refractivity contribution in [2.75, 3.05) is 0 Å². The van der Waals surface area contributed by atoms with Crippen LogP contribution < -0.4 is 0 Å². The molecule has 0 unspecified atom stereocenters. The topological polar surface area (TPSA) is 59.2 Å². The standard InChI is InChI=1S/C9H7FN2O2/c10-7-2-1-3-11-9(7)8-4-6(5-13)14-12-8/h1-4,13H,5H2. The molecule has 0 fully saturated rings. The molecular weight excluding hydrogens is 187 g/mol. The van der Waals surface area contributed by atoms with Crippen LogP contribution >= 0.6 is 0 Å². The molecule has 5 heteroatoms. The van der Waals surface area contributed by atoms with Crippen LogP contribution in [0.25, 0.3) is 11.4 Å². The lowest BCUT2D eigenvalue weighted by molar-refractivity contribution is 0.229. The molecule has 0 saturated heterocycles. The van der Waals surface area contributed by atoms with Gasteiger partial charge in [-0.25, -0.2) is 4.39 Å². The largest absolute Gasteiger partial charge is 0.388 e. The number of aliphatic hydroxyl groups excluding tert-OH is 1. The molecule has 2 aromatic rings. The number of hydrogen-bond donors (Lipinski definition) is 1. The molecule has 0 aliphatic heterocycles. The third kappa shape index (κ3) is 1.49. The first-order valence-corrected chi connectivity index (χ1v) is 3.98. The Bertz CT molecular complexity index is 442. The molecule has 2 rings (SSSR count). The van der Waals surface area contributed by atoms with Crippen LogP contribution in [0.15, 0.2) is 28.9 Å². The Kier molecular flexibility index (Phi) is 2.24. The highest BCUT2D eigenvalue weighted by molar-refractivity contribution is 5.53. The Morgan fingerprint density at radius 1 is 1.50 bits per heavy atom. The van der Waals surface area contributed by atoms with E-state index in [-0.39, 0.29) is 23.8 Å². The zero-order valence-corrected chi connectivity index (χ0v) is 7.14. The number of halogens is 1. The van der Waals surface area contributed by atoms with Crippen LogP contribution in [0.2, 0.25) is 0 Å². The molecule has 0 atom stereocenters. The van der Waals surface area contributed by atoms with E-state index in [4.69, 9.17) is 9.63 Å². The lowest BCUT2D eigenvalue weighted by Crippen LogP contribution is -1.87. The predicted molar refractivity (Wildman–Crippen MR) is 45.6 cm³/mol. The lowest BCUT2D eigenvalue weighted by Gasteiger charge is -1.94. The van der Waals surface area contributed by atoms with E-state index in [0.717, 1.165) is 0 Å². The molecule has 0 saturated carbocycles. The fraction of sp³-hybridized carbons (Fsp3) is 0.111. The summed E-state index contributed by atoms with van der Waals surface area (Å²) in [4.78, 5) is 3.82. The lowest BCUT2D eigenvalue weighted by atomic mass is 10.2. The van der Waals surface area contributed by atoms with E-state index in [0.29, 0.717) is 0 Å². The summed E-state index contributed by atoms with van der Waals surface area (Å²) in [5, 5.41) is 12.3. The Morgan fingerprint density at radius 2 is 2.36 bits per heavy atom. The molecule has 1 N–H and O–H groups in total. The van der Waals surface area contributed by atoms with E-state index in [2.05, 4.69) is 10.1 Å². The van der Waals surface area contributed by atoms with Gasteiger partial charge in [-0.05, 0) is 12.1 Å². The SMILES string of the molecule is OCc1cc(-c2ncccc2F)no1. The van der Waals surface area contributed by atoms with Gasteiger partial charge in [-0.15, -0.1) is 0 Å². The van der Waals surface area contributed by atoms with Crippen LogP contribution in [0.1, 0.15) is 5.76 Å². The van der Waals surface area contributed by atoms with E-state index >= 15 is 0 Å². The maximum absolute atomic E-state index is 13.2. The van der Waals surface area contributed by atoms with Crippen LogP contribution in [-0.2, 0) is 6.61 Å². The first-order valence-electron chi connectivity index (χ1n) is 3.98. The van der Waals surface area contributed by atoms with Crippen LogP contribution in [-0.4, -0.2) is 15.2 Å². The van der Waals surface area contributed by atoms with Crippen molar-refractivity contribution in [3.8, 4) is 11.4 Å². The number of rotatable bonds is 2. The zero-order valence-electron chi connectivity index (χ0n) is 7.14. The smallest absolute Gasteiger partial charge is 0.162 e. The highest BCUT2D eigenvalue weighted by Crippen LogP contribution is 2.19. The summed E-state index contributed by atoms with van der Waals surface area (Å²) in [7, 11) is 0. The van der Waals surface area contributed by atoms with Crippen molar-refractivity contribution in [1.82, 2.24) is 10.1 Å². The van der Waals surface area contributed by atoms with Gasteiger partial charge in [0.1, 0.15) is 18.0 Å². The van der Waals surface area contributed by atoms with Gasteiger partial charge in [-0.1, -0.05) is 5.16 Å². The maximum Gasteiger partial charge on any atom is 0.162 e. The second kappa shape index (κ2) is 3.55. The molecule has 0 radical (unpaired) electrons. The minimum atomic E-state index is -0.467. The summed E-state index contributed by atoms with van der Waals surface area (Å²) >= 11 is 0. The van der Waals surface area contributed by atoms with Gasteiger partial charge in [0.15, 0.2) is 11.6 Å². The molecule has 0 bridgehead atoms. The maximum atomic E-state index is 13.2. The molecule has 0 aliphatic rings. The van der Waals surface area contributed by atoms with Gasteiger partial charge < -0.3 is 9.63 Å². The molecular formula is C9H7FN2O2. The fourth-order valence-corrected chi connectivity index (χ4v) is 1.07. The Balaban J connectivity index is 2.44. The second-order valence-corrected chi connectivity index (χ2v) is 2.67. The van der Waals surface area contributed by atoms with Crippen molar-refractivity contribution in [2.24, 2.45) is 0 Å². The van der Waals surface area contributed by atoms with Crippen LogP contribution in [0.4, 0.5) is 4.39 Å². The van der Waals surface area contributed by atoms with Crippen molar-refractivity contribution in [3.63, 3.8) is 0 Å². The second-order valence-electron chi connectivity index (χ2n) is 2.67. The van der Waals surface area contributed by atoms with E-state index in [1.165, 1.54) is 24.4 Å². The first kappa shape index (κ1) is 8.83. The zero-order chi connectivity index (χ0) is 9.97. The Morgan fingerprint density at radius 3 is 3.00 bits per heavy atom. The minimum absolute atomic E-state index is 0.121. The number of nitrogens with zero attached hydrogens (tertiary/aromatic N) is 2. The van der Waals surface area contributed by atoms with Crippen molar-refractivity contribution in [2.45, 2.75) is 6.61 Å². The van der Waals surface area contributed by atoms with Crippen molar-refractivity contribution in [3.05, 3.63) is 36.0 Å². The minimum Gasteiger partial charge on any atom is -0.388 e. The molecule has 0 aromatic carbocycles. The van der Waals surface area contributed by atoms with Gasteiger partial charge in [0.05, 0.1) is 0 Å². The normalized spacial score (nSPS) is 10.4. The fourth-order valence-electron chi connectivity index (χ4n) is 1.07. The average molecular weight is 194 g/mol.